The van der Waals surface area contributed by atoms with Crippen molar-refractivity contribution in [2.75, 3.05) is 6.54 Å². The number of thiophene rings is 1. The van der Waals surface area contributed by atoms with Crippen molar-refractivity contribution in [1.82, 2.24) is 5.32 Å². The molecule has 0 aliphatic carbocycles. The Morgan fingerprint density at radius 2 is 1.95 bits per heavy atom. The molecule has 0 fully saturated rings. The summed E-state index contributed by atoms with van der Waals surface area (Å²) in [4.78, 5) is 12.0. The van der Waals surface area contributed by atoms with Gasteiger partial charge in [0, 0.05) is 23.4 Å². The zero-order valence-electron chi connectivity index (χ0n) is 11.2. The molecule has 0 aliphatic heterocycles. The summed E-state index contributed by atoms with van der Waals surface area (Å²) in [5.41, 5.74) is 0. The first-order valence-corrected chi connectivity index (χ1v) is 8.99. The second-order valence-corrected chi connectivity index (χ2v) is 7.99. The smallest absolute Gasteiger partial charge is 0.216 e. The average Bonchev–Trinajstić information content (AvgIpc) is 2.92. The molecule has 7 heteroatoms. The number of halogens is 1. The van der Waals surface area contributed by atoms with E-state index in [1.165, 1.54) is 30.4 Å². The SMILES string of the molecule is CC(=O)NCC(c1cccs1)S(=O)(=O)c1ccc(Cl)cc1. The molecule has 112 valence electrons. The van der Waals surface area contributed by atoms with Gasteiger partial charge in [0.1, 0.15) is 5.25 Å². The van der Waals surface area contributed by atoms with E-state index in [0.29, 0.717) is 9.90 Å². The second-order valence-electron chi connectivity index (χ2n) is 4.44. The number of nitrogens with one attached hydrogen (secondary N) is 1. The summed E-state index contributed by atoms with van der Waals surface area (Å²) in [7, 11) is -3.60. The summed E-state index contributed by atoms with van der Waals surface area (Å²) in [6.45, 7) is 1.40. The fourth-order valence-corrected chi connectivity index (χ4v) is 4.77. The maximum absolute atomic E-state index is 12.8. The first-order valence-electron chi connectivity index (χ1n) is 6.18. The fraction of sp³-hybridized carbons (Fsp3) is 0.214. The van der Waals surface area contributed by atoms with Gasteiger partial charge in [-0.25, -0.2) is 8.42 Å². The van der Waals surface area contributed by atoms with Crippen molar-refractivity contribution >= 4 is 38.7 Å². The zero-order chi connectivity index (χ0) is 15.5. The van der Waals surface area contributed by atoms with Gasteiger partial charge in [-0.05, 0) is 35.7 Å². The summed E-state index contributed by atoms with van der Waals surface area (Å²) in [6.07, 6.45) is 0. The Balaban J connectivity index is 2.39. The Labute approximate surface area is 132 Å². The molecule has 1 aromatic carbocycles. The summed E-state index contributed by atoms with van der Waals surface area (Å²) >= 11 is 7.14. The van der Waals surface area contributed by atoms with Crippen LogP contribution in [0.15, 0.2) is 46.7 Å². The largest absolute Gasteiger partial charge is 0.355 e. The van der Waals surface area contributed by atoms with Crippen LogP contribution in [0.2, 0.25) is 5.02 Å². The van der Waals surface area contributed by atoms with E-state index < -0.39 is 15.1 Å². The van der Waals surface area contributed by atoms with Crippen LogP contribution in [0.1, 0.15) is 17.1 Å². The van der Waals surface area contributed by atoms with Crippen LogP contribution in [0.25, 0.3) is 0 Å². The van der Waals surface area contributed by atoms with E-state index in [1.807, 2.05) is 5.38 Å². The van der Waals surface area contributed by atoms with Gasteiger partial charge in [0.2, 0.25) is 5.91 Å². The van der Waals surface area contributed by atoms with E-state index in [-0.39, 0.29) is 17.3 Å². The van der Waals surface area contributed by atoms with Crippen LogP contribution < -0.4 is 5.32 Å². The molecule has 1 amide bonds. The topological polar surface area (TPSA) is 63.2 Å². The van der Waals surface area contributed by atoms with Crippen molar-refractivity contribution < 1.29 is 13.2 Å². The van der Waals surface area contributed by atoms with Crippen molar-refractivity contribution in [2.45, 2.75) is 17.1 Å². The molecule has 1 aromatic heterocycles. The summed E-state index contributed by atoms with van der Waals surface area (Å²) < 4.78 is 25.5. The van der Waals surface area contributed by atoms with Crippen molar-refractivity contribution in [3.05, 3.63) is 51.7 Å². The molecule has 2 rings (SSSR count). The molecule has 0 spiro atoms. The lowest BCUT2D eigenvalue weighted by Crippen LogP contribution is -2.29. The Hall–Kier alpha value is -1.37. The first kappa shape index (κ1) is 16.0. The number of carbonyl (C=O) groups is 1. The molecule has 1 N–H and O–H groups in total. The predicted molar refractivity (Wildman–Crippen MR) is 84.4 cm³/mol. The molecule has 4 nitrogen and oxygen atoms in total. The van der Waals surface area contributed by atoms with E-state index in [1.54, 1.807) is 24.3 Å². The third kappa shape index (κ3) is 3.84. The molecule has 1 heterocycles. The monoisotopic (exact) mass is 343 g/mol. The third-order valence-corrected chi connectivity index (χ3v) is 6.40. The highest BCUT2D eigenvalue weighted by Crippen LogP contribution is 2.31. The average molecular weight is 344 g/mol. The quantitative estimate of drug-likeness (QED) is 0.907. The number of hydrogen-bond acceptors (Lipinski definition) is 4. The van der Waals surface area contributed by atoms with E-state index in [0.717, 1.165) is 0 Å². The molecule has 0 radical (unpaired) electrons. The molecule has 1 atom stereocenters. The van der Waals surface area contributed by atoms with Gasteiger partial charge in [0.25, 0.3) is 0 Å². The third-order valence-electron chi connectivity index (χ3n) is 2.91. The Morgan fingerprint density at radius 1 is 1.29 bits per heavy atom. The highest BCUT2D eigenvalue weighted by Gasteiger charge is 2.30. The molecular weight excluding hydrogens is 330 g/mol. The van der Waals surface area contributed by atoms with E-state index in [9.17, 15) is 13.2 Å². The molecule has 1 unspecified atom stereocenters. The highest BCUT2D eigenvalue weighted by molar-refractivity contribution is 7.91. The normalized spacial score (nSPS) is 12.9. The van der Waals surface area contributed by atoms with Crippen molar-refractivity contribution in [3.63, 3.8) is 0 Å². The standard InChI is InChI=1S/C14H14ClNO3S2/c1-10(17)16-9-14(13-3-2-8-20-13)21(18,19)12-6-4-11(15)5-7-12/h2-8,14H,9H2,1H3,(H,16,17). The van der Waals surface area contributed by atoms with Gasteiger partial charge < -0.3 is 5.32 Å². The molecule has 0 saturated carbocycles. The van der Waals surface area contributed by atoms with Crippen LogP contribution >= 0.6 is 22.9 Å². The van der Waals surface area contributed by atoms with Gasteiger partial charge in [-0.3, -0.25) is 4.79 Å². The van der Waals surface area contributed by atoms with Gasteiger partial charge >= 0.3 is 0 Å². The van der Waals surface area contributed by atoms with Crippen LogP contribution in [0, 0.1) is 0 Å². The molecule has 2 aromatic rings. The van der Waals surface area contributed by atoms with Crippen LogP contribution in [0.3, 0.4) is 0 Å². The first-order chi connectivity index (χ1) is 9.91. The Bertz CT molecular complexity index is 709. The van der Waals surface area contributed by atoms with Crippen LogP contribution in [0.4, 0.5) is 0 Å². The van der Waals surface area contributed by atoms with Crippen molar-refractivity contribution in [2.24, 2.45) is 0 Å². The number of benzene rings is 1. The molecule has 0 bridgehead atoms. The summed E-state index contributed by atoms with van der Waals surface area (Å²) in [6, 6.07) is 9.58. The van der Waals surface area contributed by atoms with Gasteiger partial charge in [0.15, 0.2) is 9.84 Å². The Morgan fingerprint density at radius 3 is 2.48 bits per heavy atom. The minimum absolute atomic E-state index is 0.0425. The van der Waals surface area contributed by atoms with Crippen LogP contribution in [0.5, 0.6) is 0 Å². The van der Waals surface area contributed by atoms with Gasteiger partial charge in [-0.15, -0.1) is 11.3 Å². The predicted octanol–water partition coefficient (Wildman–Crippen LogP) is 3.05. The lowest BCUT2D eigenvalue weighted by molar-refractivity contribution is -0.118. The van der Waals surface area contributed by atoms with Gasteiger partial charge in [-0.2, -0.15) is 0 Å². The molecule has 0 aliphatic rings. The van der Waals surface area contributed by atoms with Crippen LogP contribution in [-0.2, 0) is 14.6 Å². The minimum Gasteiger partial charge on any atom is -0.355 e. The zero-order valence-corrected chi connectivity index (χ0v) is 13.6. The van der Waals surface area contributed by atoms with Crippen molar-refractivity contribution in [3.8, 4) is 0 Å². The number of sulfone groups is 1. The number of carbonyl (C=O) groups excluding carboxylic acids is 1. The summed E-state index contributed by atoms with van der Waals surface area (Å²) in [5, 5.41) is 4.07. The van der Waals surface area contributed by atoms with E-state index >= 15 is 0 Å². The fourth-order valence-electron chi connectivity index (χ4n) is 1.86. The highest BCUT2D eigenvalue weighted by atomic mass is 35.5. The lowest BCUT2D eigenvalue weighted by atomic mass is 10.3. The molecule has 21 heavy (non-hydrogen) atoms. The number of hydrogen-bond donors (Lipinski definition) is 1. The van der Waals surface area contributed by atoms with Gasteiger partial charge in [0.05, 0.1) is 4.90 Å². The summed E-state index contributed by atoms with van der Waals surface area (Å²) in [5.74, 6) is -0.261. The lowest BCUT2D eigenvalue weighted by Gasteiger charge is -2.17. The van der Waals surface area contributed by atoms with Gasteiger partial charge in [-0.1, -0.05) is 17.7 Å². The van der Waals surface area contributed by atoms with Crippen molar-refractivity contribution in [1.29, 1.82) is 0 Å². The molecular formula is C14H14ClNO3S2. The minimum atomic E-state index is -3.60. The number of rotatable bonds is 5. The van der Waals surface area contributed by atoms with Crippen LogP contribution in [-0.4, -0.2) is 20.9 Å². The molecule has 0 saturated heterocycles. The van der Waals surface area contributed by atoms with E-state index in [2.05, 4.69) is 5.32 Å². The maximum atomic E-state index is 12.8. The second kappa shape index (κ2) is 6.60. The van der Waals surface area contributed by atoms with E-state index in [4.69, 9.17) is 11.6 Å². The maximum Gasteiger partial charge on any atom is 0.216 e. The Kier molecular flexibility index (Phi) is 5.03. The number of amides is 1.